The Labute approximate surface area is 205 Å². The van der Waals surface area contributed by atoms with Crippen LogP contribution in [0.3, 0.4) is 0 Å². The van der Waals surface area contributed by atoms with Crippen LogP contribution in [0.4, 0.5) is 10.1 Å². The van der Waals surface area contributed by atoms with E-state index in [1.165, 1.54) is 23.5 Å². The van der Waals surface area contributed by atoms with Crippen molar-refractivity contribution in [3.8, 4) is 11.5 Å². The molecule has 1 atom stereocenters. The minimum absolute atomic E-state index is 0.249. The van der Waals surface area contributed by atoms with E-state index in [-0.39, 0.29) is 11.7 Å². The third-order valence-corrected chi connectivity index (χ3v) is 6.55. The van der Waals surface area contributed by atoms with E-state index in [4.69, 9.17) is 9.47 Å². The van der Waals surface area contributed by atoms with Gasteiger partial charge in [-0.1, -0.05) is 31.2 Å². The molecule has 3 aromatic carbocycles. The van der Waals surface area contributed by atoms with E-state index in [1.54, 1.807) is 36.4 Å². The Hall–Kier alpha value is -3.59. The van der Waals surface area contributed by atoms with Crippen LogP contribution in [0.15, 0.2) is 72.8 Å². The van der Waals surface area contributed by atoms with Gasteiger partial charge in [0.2, 0.25) is 10.0 Å². The monoisotopic (exact) mass is 500 g/mol. The summed E-state index contributed by atoms with van der Waals surface area (Å²) in [5.74, 6) is 0.608. The Morgan fingerprint density at radius 2 is 1.51 bits per heavy atom. The predicted molar refractivity (Wildman–Crippen MR) is 133 cm³/mol. The SMILES string of the molecule is CC[C@@H](Oc1ccc(N(C)S(C)(=O)=O)cc1)C(=O)NCc1ccc(OCc2ccc(F)cc2)cc1. The zero-order chi connectivity index (χ0) is 25.4. The quantitative estimate of drug-likeness (QED) is 0.425. The molecule has 9 heteroatoms. The molecule has 0 bridgehead atoms. The number of benzene rings is 3. The molecule has 0 aliphatic heterocycles. The van der Waals surface area contributed by atoms with Crippen LogP contribution >= 0.6 is 0 Å². The molecule has 0 fully saturated rings. The first-order valence-electron chi connectivity index (χ1n) is 11.1. The Balaban J connectivity index is 1.49. The summed E-state index contributed by atoms with van der Waals surface area (Å²) in [6.45, 7) is 2.51. The van der Waals surface area contributed by atoms with Crippen LogP contribution in [-0.4, -0.2) is 33.7 Å². The van der Waals surface area contributed by atoms with Crippen LogP contribution in [0.25, 0.3) is 0 Å². The number of carbonyl (C=O) groups excluding carboxylic acids is 1. The molecular weight excluding hydrogens is 471 g/mol. The smallest absolute Gasteiger partial charge is 0.261 e. The minimum Gasteiger partial charge on any atom is -0.489 e. The average Bonchev–Trinajstić information content (AvgIpc) is 2.85. The van der Waals surface area contributed by atoms with Gasteiger partial charge in [-0.15, -0.1) is 0 Å². The third kappa shape index (κ3) is 7.71. The summed E-state index contributed by atoms with van der Waals surface area (Å²) < 4.78 is 49.0. The molecule has 7 nitrogen and oxygen atoms in total. The van der Waals surface area contributed by atoms with Gasteiger partial charge in [-0.2, -0.15) is 0 Å². The summed E-state index contributed by atoms with van der Waals surface area (Å²) >= 11 is 0. The predicted octanol–water partition coefficient (Wildman–Crippen LogP) is 4.27. The van der Waals surface area contributed by atoms with Gasteiger partial charge < -0.3 is 14.8 Å². The number of carbonyl (C=O) groups is 1. The normalized spacial score (nSPS) is 12.0. The zero-order valence-electron chi connectivity index (χ0n) is 19.9. The van der Waals surface area contributed by atoms with Crippen LogP contribution in [-0.2, 0) is 28.0 Å². The maximum Gasteiger partial charge on any atom is 0.261 e. The molecule has 186 valence electrons. The highest BCUT2D eigenvalue weighted by atomic mass is 32.2. The highest BCUT2D eigenvalue weighted by Crippen LogP contribution is 2.22. The molecule has 0 aliphatic carbocycles. The third-order valence-electron chi connectivity index (χ3n) is 5.35. The fraction of sp³-hybridized carbons (Fsp3) is 0.269. The standard InChI is InChI=1S/C26H29FN2O5S/c1-4-25(34-24-15-11-22(12-16-24)29(2)35(3,31)32)26(30)28-17-19-7-13-23(14-8-19)33-18-20-5-9-21(27)10-6-20/h5-16,25H,4,17-18H2,1-3H3,(H,28,30)/t25-/m1/s1. The summed E-state index contributed by atoms with van der Waals surface area (Å²) in [6.07, 6.45) is 0.906. The topological polar surface area (TPSA) is 84.9 Å². The maximum absolute atomic E-state index is 13.0. The molecule has 1 N–H and O–H groups in total. The second-order valence-corrected chi connectivity index (χ2v) is 10.0. The highest BCUT2D eigenvalue weighted by molar-refractivity contribution is 7.92. The Morgan fingerprint density at radius 1 is 0.943 bits per heavy atom. The first kappa shape index (κ1) is 26.0. The van der Waals surface area contributed by atoms with E-state index in [0.29, 0.717) is 36.8 Å². The molecule has 3 rings (SSSR count). The molecule has 0 heterocycles. The van der Waals surface area contributed by atoms with Gasteiger partial charge in [0.25, 0.3) is 5.91 Å². The van der Waals surface area contributed by atoms with Crippen molar-refractivity contribution >= 4 is 21.6 Å². The number of nitrogens with one attached hydrogen (secondary N) is 1. The number of ether oxygens (including phenoxy) is 2. The number of amides is 1. The summed E-state index contributed by atoms with van der Waals surface area (Å²) in [6, 6.07) is 20.0. The summed E-state index contributed by atoms with van der Waals surface area (Å²) in [5, 5.41) is 2.87. The Kier molecular flexibility index (Phi) is 8.70. The van der Waals surface area contributed by atoms with Crippen molar-refractivity contribution in [1.82, 2.24) is 5.32 Å². The zero-order valence-corrected chi connectivity index (χ0v) is 20.7. The van der Waals surface area contributed by atoms with E-state index in [1.807, 2.05) is 31.2 Å². The lowest BCUT2D eigenvalue weighted by Crippen LogP contribution is -2.37. The molecule has 0 unspecified atom stereocenters. The number of halogens is 1. The lowest BCUT2D eigenvalue weighted by molar-refractivity contribution is -0.128. The van der Waals surface area contributed by atoms with Gasteiger partial charge in [0, 0.05) is 13.6 Å². The van der Waals surface area contributed by atoms with Crippen molar-refractivity contribution in [1.29, 1.82) is 0 Å². The molecule has 0 saturated heterocycles. The van der Waals surface area contributed by atoms with Crippen molar-refractivity contribution in [2.45, 2.75) is 32.6 Å². The van der Waals surface area contributed by atoms with Crippen LogP contribution in [0.2, 0.25) is 0 Å². The molecular formula is C26H29FN2O5S. The van der Waals surface area contributed by atoms with Crippen molar-refractivity contribution in [2.75, 3.05) is 17.6 Å². The number of hydrogen-bond donors (Lipinski definition) is 1. The van der Waals surface area contributed by atoms with E-state index in [0.717, 1.165) is 17.4 Å². The summed E-state index contributed by atoms with van der Waals surface area (Å²) in [4.78, 5) is 12.6. The van der Waals surface area contributed by atoms with Crippen LogP contribution in [0, 0.1) is 5.82 Å². The second kappa shape index (κ2) is 11.7. The van der Waals surface area contributed by atoms with Gasteiger partial charge >= 0.3 is 0 Å². The van der Waals surface area contributed by atoms with Crippen molar-refractivity contribution in [3.63, 3.8) is 0 Å². The molecule has 3 aromatic rings. The lowest BCUT2D eigenvalue weighted by atomic mass is 10.2. The minimum atomic E-state index is -3.36. The van der Waals surface area contributed by atoms with E-state index < -0.39 is 16.1 Å². The molecule has 35 heavy (non-hydrogen) atoms. The fourth-order valence-electron chi connectivity index (χ4n) is 3.17. The number of nitrogens with zero attached hydrogens (tertiary/aromatic N) is 1. The fourth-order valence-corrected chi connectivity index (χ4v) is 3.67. The van der Waals surface area contributed by atoms with Crippen molar-refractivity contribution < 1.29 is 27.1 Å². The van der Waals surface area contributed by atoms with Crippen molar-refractivity contribution in [3.05, 3.63) is 89.7 Å². The van der Waals surface area contributed by atoms with Crippen LogP contribution in [0.5, 0.6) is 11.5 Å². The first-order chi connectivity index (χ1) is 16.7. The van der Waals surface area contributed by atoms with Gasteiger partial charge in [0.05, 0.1) is 11.9 Å². The van der Waals surface area contributed by atoms with Gasteiger partial charge in [-0.05, 0) is 66.1 Å². The highest BCUT2D eigenvalue weighted by Gasteiger charge is 2.19. The van der Waals surface area contributed by atoms with Crippen molar-refractivity contribution in [2.24, 2.45) is 0 Å². The van der Waals surface area contributed by atoms with Gasteiger partial charge in [0.15, 0.2) is 6.10 Å². The van der Waals surface area contributed by atoms with E-state index in [9.17, 15) is 17.6 Å². The summed E-state index contributed by atoms with van der Waals surface area (Å²) in [5.41, 5.74) is 2.27. The van der Waals surface area contributed by atoms with Gasteiger partial charge in [-0.3, -0.25) is 9.10 Å². The number of anilines is 1. The largest absolute Gasteiger partial charge is 0.489 e. The van der Waals surface area contributed by atoms with E-state index >= 15 is 0 Å². The Morgan fingerprint density at radius 3 is 2.09 bits per heavy atom. The van der Waals surface area contributed by atoms with E-state index in [2.05, 4.69) is 5.32 Å². The molecule has 0 spiro atoms. The number of hydrogen-bond acceptors (Lipinski definition) is 5. The van der Waals surface area contributed by atoms with Gasteiger partial charge in [-0.25, -0.2) is 12.8 Å². The Bertz CT molecular complexity index is 1210. The number of rotatable bonds is 11. The maximum atomic E-state index is 13.0. The lowest BCUT2D eigenvalue weighted by Gasteiger charge is -2.19. The summed E-state index contributed by atoms with van der Waals surface area (Å²) in [7, 11) is -1.89. The van der Waals surface area contributed by atoms with Crippen LogP contribution in [0.1, 0.15) is 24.5 Å². The molecule has 0 saturated carbocycles. The molecule has 0 radical (unpaired) electrons. The number of sulfonamides is 1. The molecule has 1 amide bonds. The second-order valence-electron chi connectivity index (χ2n) is 8.02. The first-order valence-corrected chi connectivity index (χ1v) is 12.9. The van der Waals surface area contributed by atoms with Crippen LogP contribution < -0.4 is 19.1 Å². The van der Waals surface area contributed by atoms with Gasteiger partial charge in [0.1, 0.15) is 23.9 Å². The molecule has 0 aromatic heterocycles. The molecule has 0 aliphatic rings. The average molecular weight is 501 g/mol.